The molecular weight excluding hydrogens is 306 g/mol. The van der Waals surface area contributed by atoms with E-state index in [2.05, 4.69) is 15.5 Å². The van der Waals surface area contributed by atoms with E-state index < -0.39 is 0 Å². The molecule has 2 aromatic heterocycles. The predicted molar refractivity (Wildman–Crippen MR) is 82.5 cm³/mol. The SMILES string of the molecule is CCC(NC(=O)N(C)Cc1cc(Cl)cn1C)c1noc(C)n1. The maximum Gasteiger partial charge on any atom is 0.318 e. The smallest absolute Gasteiger partial charge is 0.318 e. The number of carbonyl (C=O) groups excluding carboxylic acids is 1. The molecule has 2 rings (SSSR count). The van der Waals surface area contributed by atoms with Crippen molar-refractivity contribution >= 4 is 17.6 Å². The van der Waals surface area contributed by atoms with Crippen molar-refractivity contribution in [1.82, 2.24) is 24.9 Å². The Labute approximate surface area is 134 Å². The van der Waals surface area contributed by atoms with E-state index >= 15 is 0 Å². The lowest BCUT2D eigenvalue weighted by atomic mass is 10.2. The number of carbonyl (C=O) groups is 1. The highest BCUT2D eigenvalue weighted by atomic mass is 35.5. The van der Waals surface area contributed by atoms with Crippen LogP contribution in [0.15, 0.2) is 16.8 Å². The number of halogens is 1. The highest BCUT2D eigenvalue weighted by Gasteiger charge is 2.20. The van der Waals surface area contributed by atoms with Crippen molar-refractivity contribution < 1.29 is 9.32 Å². The van der Waals surface area contributed by atoms with E-state index in [4.69, 9.17) is 16.1 Å². The number of urea groups is 1. The first kappa shape index (κ1) is 16.4. The number of amides is 2. The van der Waals surface area contributed by atoms with E-state index in [0.717, 1.165) is 5.69 Å². The molecule has 2 heterocycles. The Balaban J connectivity index is 1.99. The largest absolute Gasteiger partial charge is 0.351 e. The summed E-state index contributed by atoms with van der Waals surface area (Å²) in [5, 5.41) is 7.41. The first-order valence-electron chi connectivity index (χ1n) is 7.03. The molecule has 0 spiro atoms. The average molecular weight is 326 g/mol. The third kappa shape index (κ3) is 3.79. The van der Waals surface area contributed by atoms with Gasteiger partial charge in [0, 0.05) is 32.9 Å². The monoisotopic (exact) mass is 325 g/mol. The second kappa shape index (κ2) is 6.83. The highest BCUT2D eigenvalue weighted by molar-refractivity contribution is 6.30. The zero-order chi connectivity index (χ0) is 16.3. The van der Waals surface area contributed by atoms with Crippen LogP contribution in [0.1, 0.15) is 36.8 Å². The van der Waals surface area contributed by atoms with Crippen LogP contribution in [-0.4, -0.2) is 32.7 Å². The second-order valence-electron chi connectivity index (χ2n) is 5.20. The van der Waals surface area contributed by atoms with Crippen molar-refractivity contribution in [1.29, 1.82) is 0 Å². The average Bonchev–Trinajstić information content (AvgIpc) is 3.02. The van der Waals surface area contributed by atoms with Gasteiger partial charge in [0.05, 0.1) is 17.6 Å². The maximum absolute atomic E-state index is 12.3. The summed E-state index contributed by atoms with van der Waals surface area (Å²) in [5.41, 5.74) is 0.950. The Kier molecular flexibility index (Phi) is 5.07. The van der Waals surface area contributed by atoms with Crippen molar-refractivity contribution in [3.63, 3.8) is 0 Å². The molecule has 1 N–H and O–H groups in total. The molecule has 0 aliphatic heterocycles. The molecule has 0 aliphatic carbocycles. The molecule has 0 saturated carbocycles. The Morgan fingerprint density at radius 2 is 2.32 bits per heavy atom. The second-order valence-corrected chi connectivity index (χ2v) is 5.63. The van der Waals surface area contributed by atoms with Crippen LogP contribution in [0, 0.1) is 6.92 Å². The molecule has 8 heteroatoms. The van der Waals surface area contributed by atoms with Crippen LogP contribution in [-0.2, 0) is 13.6 Å². The number of rotatable bonds is 5. The van der Waals surface area contributed by atoms with Crippen LogP contribution in [0.2, 0.25) is 5.02 Å². The maximum atomic E-state index is 12.3. The standard InChI is InChI=1S/C14H20ClN5O2/c1-5-12(13-16-9(2)22-18-13)17-14(21)20(4)8-11-6-10(15)7-19(11)3/h6-7,12H,5,8H2,1-4H3,(H,17,21). The van der Waals surface area contributed by atoms with Crippen LogP contribution < -0.4 is 5.32 Å². The van der Waals surface area contributed by atoms with Crippen molar-refractivity contribution in [3.05, 3.63) is 34.7 Å². The van der Waals surface area contributed by atoms with Gasteiger partial charge in [0.25, 0.3) is 0 Å². The van der Waals surface area contributed by atoms with E-state index in [-0.39, 0.29) is 12.1 Å². The molecule has 0 bridgehead atoms. The van der Waals surface area contributed by atoms with Crippen LogP contribution >= 0.6 is 11.6 Å². The fourth-order valence-electron chi connectivity index (χ4n) is 2.10. The molecule has 2 amide bonds. The molecule has 0 radical (unpaired) electrons. The van der Waals surface area contributed by atoms with Gasteiger partial charge in [-0.05, 0) is 12.5 Å². The minimum Gasteiger partial charge on any atom is -0.351 e. The minimum absolute atomic E-state index is 0.202. The summed E-state index contributed by atoms with van der Waals surface area (Å²) in [4.78, 5) is 18.0. The summed E-state index contributed by atoms with van der Waals surface area (Å²) < 4.78 is 6.85. The zero-order valence-corrected chi connectivity index (χ0v) is 13.9. The van der Waals surface area contributed by atoms with Crippen molar-refractivity contribution in [2.75, 3.05) is 7.05 Å². The molecule has 0 fully saturated rings. The number of nitrogens with zero attached hydrogens (tertiary/aromatic N) is 4. The summed E-state index contributed by atoms with van der Waals surface area (Å²) in [7, 11) is 3.62. The molecule has 7 nitrogen and oxygen atoms in total. The van der Waals surface area contributed by atoms with E-state index in [1.54, 1.807) is 25.1 Å². The van der Waals surface area contributed by atoms with E-state index in [0.29, 0.717) is 29.7 Å². The molecule has 2 aromatic rings. The van der Waals surface area contributed by atoms with E-state index in [1.165, 1.54) is 0 Å². The molecule has 0 aliphatic rings. The number of hydrogen-bond donors (Lipinski definition) is 1. The lowest BCUT2D eigenvalue weighted by Gasteiger charge is -2.21. The Bertz CT molecular complexity index is 651. The fraction of sp³-hybridized carbons (Fsp3) is 0.500. The Morgan fingerprint density at radius 1 is 1.59 bits per heavy atom. The molecule has 22 heavy (non-hydrogen) atoms. The van der Waals surface area contributed by atoms with Gasteiger partial charge < -0.3 is 19.3 Å². The van der Waals surface area contributed by atoms with Gasteiger partial charge in [0.15, 0.2) is 5.82 Å². The lowest BCUT2D eigenvalue weighted by Crippen LogP contribution is -2.39. The molecule has 1 unspecified atom stereocenters. The number of hydrogen-bond acceptors (Lipinski definition) is 4. The van der Waals surface area contributed by atoms with Gasteiger partial charge in [-0.15, -0.1) is 0 Å². The van der Waals surface area contributed by atoms with E-state index in [9.17, 15) is 4.79 Å². The first-order valence-corrected chi connectivity index (χ1v) is 7.41. The van der Waals surface area contributed by atoms with Crippen LogP contribution in [0.3, 0.4) is 0 Å². The van der Waals surface area contributed by atoms with Crippen LogP contribution in [0.5, 0.6) is 0 Å². The molecular formula is C14H20ClN5O2. The van der Waals surface area contributed by atoms with Gasteiger partial charge in [-0.25, -0.2) is 4.79 Å². The predicted octanol–water partition coefficient (Wildman–Crippen LogP) is 2.66. The molecule has 120 valence electrons. The summed E-state index contributed by atoms with van der Waals surface area (Å²) in [6.45, 7) is 4.13. The van der Waals surface area contributed by atoms with Gasteiger partial charge >= 0.3 is 6.03 Å². The number of nitrogens with one attached hydrogen (secondary N) is 1. The summed E-state index contributed by atoms with van der Waals surface area (Å²) >= 11 is 5.95. The quantitative estimate of drug-likeness (QED) is 0.917. The number of aryl methyl sites for hydroxylation is 2. The molecule has 0 saturated heterocycles. The Hall–Kier alpha value is -2.02. The van der Waals surface area contributed by atoms with Crippen LogP contribution in [0.25, 0.3) is 0 Å². The first-order chi connectivity index (χ1) is 10.4. The summed E-state index contributed by atoms with van der Waals surface area (Å²) in [5.74, 6) is 0.971. The zero-order valence-electron chi connectivity index (χ0n) is 13.1. The van der Waals surface area contributed by atoms with Crippen molar-refractivity contribution in [3.8, 4) is 0 Å². The lowest BCUT2D eigenvalue weighted by molar-refractivity contribution is 0.200. The topological polar surface area (TPSA) is 76.2 Å². The van der Waals surface area contributed by atoms with Gasteiger partial charge in [-0.3, -0.25) is 0 Å². The third-order valence-electron chi connectivity index (χ3n) is 3.38. The highest BCUT2D eigenvalue weighted by Crippen LogP contribution is 2.16. The molecule has 1 atom stereocenters. The number of aromatic nitrogens is 3. The molecule has 0 aromatic carbocycles. The summed E-state index contributed by atoms with van der Waals surface area (Å²) in [6.07, 6.45) is 2.48. The van der Waals surface area contributed by atoms with Gasteiger partial charge in [0.1, 0.15) is 0 Å². The summed E-state index contributed by atoms with van der Waals surface area (Å²) in [6, 6.07) is 1.36. The normalized spacial score (nSPS) is 12.2. The van der Waals surface area contributed by atoms with Crippen LogP contribution in [0.4, 0.5) is 4.79 Å². The van der Waals surface area contributed by atoms with Gasteiger partial charge in [0.2, 0.25) is 5.89 Å². The fourth-order valence-corrected chi connectivity index (χ4v) is 2.38. The van der Waals surface area contributed by atoms with Gasteiger partial charge in [-0.2, -0.15) is 4.98 Å². The van der Waals surface area contributed by atoms with Crippen molar-refractivity contribution in [2.24, 2.45) is 7.05 Å². The Morgan fingerprint density at radius 3 is 2.82 bits per heavy atom. The van der Waals surface area contributed by atoms with Gasteiger partial charge in [-0.1, -0.05) is 23.7 Å². The third-order valence-corrected chi connectivity index (χ3v) is 3.59. The minimum atomic E-state index is -0.274. The van der Waals surface area contributed by atoms with Crippen molar-refractivity contribution in [2.45, 2.75) is 32.9 Å². The van der Waals surface area contributed by atoms with E-state index in [1.807, 2.05) is 24.6 Å².